The number of nitrogens with one attached hydrogen (secondary N) is 1. The highest BCUT2D eigenvalue weighted by Gasteiger charge is 2.42. The molecule has 2 aliphatic rings. The topological polar surface area (TPSA) is 45.2 Å². The summed E-state index contributed by atoms with van der Waals surface area (Å²) >= 11 is 0. The largest absolute Gasteiger partial charge is 0.357 e. The summed E-state index contributed by atoms with van der Waals surface area (Å²) in [4.78, 5) is 20.1. The number of benzene rings is 1. The highest BCUT2D eigenvalue weighted by atomic mass is 16.2. The first-order valence-corrected chi connectivity index (χ1v) is 10.3. The second-order valence-electron chi connectivity index (χ2n) is 7.91. The first kappa shape index (κ1) is 18.0. The van der Waals surface area contributed by atoms with E-state index in [1.807, 2.05) is 30.5 Å². The second-order valence-corrected chi connectivity index (χ2v) is 7.91. The number of amides is 1. The van der Waals surface area contributed by atoms with Gasteiger partial charge in [0, 0.05) is 25.8 Å². The first-order valence-electron chi connectivity index (χ1n) is 10.3. The fourth-order valence-electron chi connectivity index (χ4n) is 4.60. The fourth-order valence-corrected chi connectivity index (χ4v) is 4.60. The van der Waals surface area contributed by atoms with E-state index in [0.29, 0.717) is 6.54 Å². The number of hydrogen-bond acceptors (Lipinski definition) is 3. The van der Waals surface area contributed by atoms with Crippen LogP contribution in [-0.2, 0) is 16.8 Å². The van der Waals surface area contributed by atoms with E-state index >= 15 is 0 Å². The third-order valence-corrected chi connectivity index (χ3v) is 6.16. The van der Waals surface area contributed by atoms with Crippen LogP contribution in [0.25, 0.3) is 0 Å². The fraction of sp³-hybridized carbons (Fsp3) is 0.478. The molecule has 4 nitrogen and oxygen atoms in total. The Morgan fingerprint density at radius 3 is 2.48 bits per heavy atom. The Labute approximate surface area is 162 Å². The average Bonchev–Trinajstić information content (AvgIpc) is 3.25. The molecule has 27 heavy (non-hydrogen) atoms. The first-order chi connectivity index (χ1) is 13.3. The van der Waals surface area contributed by atoms with E-state index in [0.717, 1.165) is 55.7 Å². The van der Waals surface area contributed by atoms with Gasteiger partial charge in [-0.1, -0.05) is 43.2 Å². The van der Waals surface area contributed by atoms with Gasteiger partial charge in [-0.05, 0) is 55.4 Å². The molecule has 2 aromatic rings. The highest BCUT2D eigenvalue weighted by molar-refractivity contribution is 5.88. The lowest BCUT2D eigenvalue weighted by molar-refractivity contribution is -0.126. The van der Waals surface area contributed by atoms with Gasteiger partial charge < -0.3 is 10.2 Å². The van der Waals surface area contributed by atoms with Crippen molar-refractivity contribution in [2.75, 3.05) is 18.0 Å². The Morgan fingerprint density at radius 2 is 1.74 bits per heavy atom. The average molecular weight is 364 g/mol. The van der Waals surface area contributed by atoms with Gasteiger partial charge in [-0.25, -0.2) is 4.98 Å². The van der Waals surface area contributed by atoms with Crippen molar-refractivity contribution in [2.24, 2.45) is 0 Å². The molecule has 2 fully saturated rings. The quantitative estimate of drug-likeness (QED) is 0.866. The predicted octanol–water partition coefficient (Wildman–Crippen LogP) is 4.20. The monoisotopic (exact) mass is 363 g/mol. The Balaban J connectivity index is 1.45. The molecule has 2 heterocycles. The lowest BCUT2D eigenvalue weighted by atomic mass is 9.78. The molecule has 142 valence electrons. The molecule has 0 spiro atoms. The van der Waals surface area contributed by atoms with Gasteiger partial charge in [0.25, 0.3) is 0 Å². The van der Waals surface area contributed by atoms with E-state index in [4.69, 9.17) is 0 Å². The molecule has 1 N–H and O–H groups in total. The van der Waals surface area contributed by atoms with Crippen molar-refractivity contribution in [3.05, 3.63) is 59.8 Å². The van der Waals surface area contributed by atoms with E-state index in [2.05, 4.69) is 33.4 Å². The van der Waals surface area contributed by atoms with Crippen molar-refractivity contribution < 1.29 is 4.79 Å². The number of carbonyl (C=O) groups excluding carboxylic acids is 1. The number of carbonyl (C=O) groups is 1. The molecule has 1 aromatic heterocycles. The summed E-state index contributed by atoms with van der Waals surface area (Å²) in [5, 5.41) is 3.23. The summed E-state index contributed by atoms with van der Waals surface area (Å²) in [6, 6.07) is 14.4. The summed E-state index contributed by atoms with van der Waals surface area (Å²) in [6.45, 7) is 2.73. The molecule has 1 aliphatic heterocycles. The molecule has 4 heteroatoms. The van der Waals surface area contributed by atoms with Crippen LogP contribution < -0.4 is 10.2 Å². The molecular weight excluding hydrogens is 334 g/mol. The normalized spacial score (nSPS) is 19.0. The summed E-state index contributed by atoms with van der Waals surface area (Å²) in [5.41, 5.74) is 1.92. The van der Waals surface area contributed by atoms with Crippen LogP contribution in [0.15, 0.2) is 48.7 Å². The van der Waals surface area contributed by atoms with Gasteiger partial charge in [-0.2, -0.15) is 0 Å². The maximum Gasteiger partial charge on any atom is 0.230 e. The predicted molar refractivity (Wildman–Crippen MR) is 109 cm³/mol. The maximum absolute atomic E-state index is 13.2. The number of nitrogens with zero attached hydrogens (tertiary/aromatic N) is 2. The Bertz CT molecular complexity index is 762. The van der Waals surface area contributed by atoms with Crippen molar-refractivity contribution in [1.82, 2.24) is 10.3 Å². The van der Waals surface area contributed by atoms with E-state index in [1.165, 1.54) is 19.3 Å². The zero-order valence-electron chi connectivity index (χ0n) is 16.0. The number of piperidine rings is 1. The van der Waals surface area contributed by atoms with E-state index in [9.17, 15) is 4.79 Å². The van der Waals surface area contributed by atoms with E-state index in [1.54, 1.807) is 0 Å². The second kappa shape index (κ2) is 8.12. The van der Waals surface area contributed by atoms with Crippen LogP contribution in [0.3, 0.4) is 0 Å². The van der Waals surface area contributed by atoms with Crippen molar-refractivity contribution in [1.29, 1.82) is 0 Å². The minimum absolute atomic E-state index is 0.169. The molecule has 1 saturated heterocycles. The van der Waals surface area contributed by atoms with Crippen molar-refractivity contribution in [3.63, 3.8) is 0 Å². The third-order valence-electron chi connectivity index (χ3n) is 6.16. The van der Waals surface area contributed by atoms with Gasteiger partial charge in [0.1, 0.15) is 5.82 Å². The molecule has 1 saturated carbocycles. The molecule has 4 rings (SSSR count). The molecule has 0 atom stereocenters. The third kappa shape index (κ3) is 3.85. The van der Waals surface area contributed by atoms with Crippen LogP contribution in [0.4, 0.5) is 5.82 Å². The van der Waals surface area contributed by atoms with E-state index < -0.39 is 0 Å². The lowest BCUT2D eigenvalue weighted by Gasteiger charge is -2.29. The van der Waals surface area contributed by atoms with Gasteiger partial charge in [-0.15, -0.1) is 0 Å². The number of pyridine rings is 1. The lowest BCUT2D eigenvalue weighted by Crippen LogP contribution is -2.42. The van der Waals surface area contributed by atoms with Gasteiger partial charge in [-0.3, -0.25) is 4.79 Å². The van der Waals surface area contributed by atoms with Gasteiger partial charge in [0.2, 0.25) is 5.91 Å². The summed E-state index contributed by atoms with van der Waals surface area (Å²) in [5.74, 6) is 1.21. The van der Waals surface area contributed by atoms with Crippen LogP contribution >= 0.6 is 0 Å². The van der Waals surface area contributed by atoms with Crippen molar-refractivity contribution in [3.8, 4) is 0 Å². The maximum atomic E-state index is 13.2. The molecule has 1 amide bonds. The highest BCUT2D eigenvalue weighted by Crippen LogP contribution is 2.41. The molecule has 1 aliphatic carbocycles. The Hall–Kier alpha value is -2.36. The smallest absolute Gasteiger partial charge is 0.230 e. The van der Waals surface area contributed by atoms with Crippen LogP contribution in [-0.4, -0.2) is 24.0 Å². The van der Waals surface area contributed by atoms with E-state index in [-0.39, 0.29) is 11.3 Å². The molecular formula is C23H29N3O. The van der Waals surface area contributed by atoms with Crippen LogP contribution in [0, 0.1) is 0 Å². The van der Waals surface area contributed by atoms with Gasteiger partial charge >= 0.3 is 0 Å². The standard InChI is InChI=1S/C23H29N3O/c27-22(23(12-5-6-13-23)20-9-3-1-4-10-20)25-18-19-11-14-24-21(17-19)26-15-7-2-8-16-26/h1,3-4,9-11,14,17H,2,5-8,12-13,15-16,18H2,(H,25,27). The summed E-state index contributed by atoms with van der Waals surface area (Å²) < 4.78 is 0. The van der Waals surface area contributed by atoms with Gasteiger partial charge in [0.15, 0.2) is 0 Å². The Kier molecular flexibility index (Phi) is 5.42. The number of anilines is 1. The zero-order chi connectivity index (χ0) is 18.5. The minimum Gasteiger partial charge on any atom is -0.357 e. The van der Waals surface area contributed by atoms with Crippen LogP contribution in [0.5, 0.6) is 0 Å². The van der Waals surface area contributed by atoms with Crippen molar-refractivity contribution >= 4 is 11.7 Å². The zero-order valence-corrected chi connectivity index (χ0v) is 16.0. The van der Waals surface area contributed by atoms with Crippen LogP contribution in [0.1, 0.15) is 56.1 Å². The SMILES string of the molecule is O=C(NCc1ccnc(N2CCCCC2)c1)C1(c2ccccc2)CCCC1. The molecule has 1 aromatic carbocycles. The van der Waals surface area contributed by atoms with Crippen LogP contribution in [0.2, 0.25) is 0 Å². The number of aromatic nitrogens is 1. The Morgan fingerprint density at radius 1 is 1.00 bits per heavy atom. The van der Waals surface area contributed by atoms with Gasteiger partial charge in [0.05, 0.1) is 5.41 Å². The molecule has 0 radical (unpaired) electrons. The molecule has 0 unspecified atom stereocenters. The molecule has 0 bridgehead atoms. The minimum atomic E-state index is -0.357. The number of rotatable bonds is 5. The summed E-state index contributed by atoms with van der Waals surface area (Å²) in [7, 11) is 0. The summed E-state index contributed by atoms with van der Waals surface area (Å²) in [6.07, 6.45) is 9.79. The number of hydrogen-bond donors (Lipinski definition) is 1. The van der Waals surface area contributed by atoms with Crippen molar-refractivity contribution in [2.45, 2.75) is 56.9 Å².